The number of methoxy groups -OCH3 is 1. The molecule has 0 saturated heterocycles. The molecular formula is C21H18ClN5O2. The quantitative estimate of drug-likeness (QED) is 0.545. The number of carbonyl (C=O) groups excluding carboxylic acids is 1. The van der Waals surface area contributed by atoms with Crippen LogP contribution in [0.1, 0.15) is 21.7 Å². The van der Waals surface area contributed by atoms with Crippen LogP contribution in [0, 0.1) is 6.92 Å². The van der Waals surface area contributed by atoms with Gasteiger partial charge >= 0.3 is 0 Å². The molecule has 2 heterocycles. The molecule has 7 nitrogen and oxygen atoms in total. The minimum absolute atomic E-state index is 0.275. The van der Waals surface area contributed by atoms with Crippen molar-refractivity contribution >= 4 is 28.4 Å². The Labute approximate surface area is 172 Å². The molecule has 0 aliphatic heterocycles. The number of hydrogen-bond donors (Lipinski definition) is 1. The van der Waals surface area contributed by atoms with Gasteiger partial charge < -0.3 is 10.1 Å². The molecule has 29 heavy (non-hydrogen) atoms. The Balaban J connectivity index is 1.57. The molecule has 0 saturated carbocycles. The zero-order valence-corrected chi connectivity index (χ0v) is 16.6. The highest BCUT2D eigenvalue weighted by Crippen LogP contribution is 2.24. The fraction of sp³-hybridized carbons (Fsp3) is 0.143. The Morgan fingerprint density at radius 3 is 2.72 bits per heavy atom. The summed E-state index contributed by atoms with van der Waals surface area (Å²) in [6.07, 6.45) is 1.68. The van der Waals surface area contributed by atoms with E-state index in [-0.39, 0.29) is 11.6 Å². The van der Waals surface area contributed by atoms with Gasteiger partial charge in [-0.2, -0.15) is 0 Å². The van der Waals surface area contributed by atoms with Crippen LogP contribution in [0.2, 0.25) is 5.02 Å². The maximum atomic E-state index is 12.6. The SMILES string of the molecule is COc1ccc(CNC(=O)c2nnn(-c3ccnc4cc(Cl)ccc34)c2C)cc1. The van der Waals surface area contributed by atoms with Gasteiger partial charge in [0.25, 0.3) is 5.91 Å². The van der Waals surface area contributed by atoms with Crippen LogP contribution in [0.25, 0.3) is 16.6 Å². The number of hydrogen-bond acceptors (Lipinski definition) is 5. The minimum Gasteiger partial charge on any atom is -0.497 e. The second-order valence-corrected chi connectivity index (χ2v) is 6.89. The molecule has 0 aliphatic rings. The Kier molecular flexibility index (Phi) is 5.14. The van der Waals surface area contributed by atoms with Crippen molar-refractivity contribution in [2.45, 2.75) is 13.5 Å². The van der Waals surface area contributed by atoms with Gasteiger partial charge in [-0.05, 0) is 48.9 Å². The van der Waals surface area contributed by atoms with E-state index in [4.69, 9.17) is 16.3 Å². The number of amides is 1. The third-order valence-corrected chi connectivity index (χ3v) is 4.87. The number of fused-ring (bicyclic) bond motifs is 1. The lowest BCUT2D eigenvalue weighted by Gasteiger charge is -2.08. The topological polar surface area (TPSA) is 81.9 Å². The first-order valence-corrected chi connectivity index (χ1v) is 9.32. The van der Waals surface area contributed by atoms with Gasteiger partial charge in [-0.15, -0.1) is 5.10 Å². The second-order valence-electron chi connectivity index (χ2n) is 6.46. The highest BCUT2D eigenvalue weighted by atomic mass is 35.5. The van der Waals surface area contributed by atoms with E-state index in [1.807, 2.05) is 43.3 Å². The van der Waals surface area contributed by atoms with Gasteiger partial charge in [0.05, 0.1) is 24.0 Å². The summed E-state index contributed by atoms with van der Waals surface area (Å²) >= 11 is 6.06. The number of carbonyl (C=O) groups is 1. The van der Waals surface area contributed by atoms with E-state index in [9.17, 15) is 4.79 Å². The number of ether oxygens (including phenoxy) is 1. The van der Waals surface area contributed by atoms with Gasteiger partial charge in [0.1, 0.15) is 5.75 Å². The lowest BCUT2D eigenvalue weighted by atomic mass is 10.2. The van der Waals surface area contributed by atoms with Crippen molar-refractivity contribution in [3.05, 3.63) is 76.7 Å². The number of aromatic nitrogens is 4. The summed E-state index contributed by atoms with van der Waals surface area (Å²) < 4.78 is 6.78. The molecule has 8 heteroatoms. The number of rotatable bonds is 5. The summed E-state index contributed by atoms with van der Waals surface area (Å²) in [7, 11) is 1.61. The zero-order valence-electron chi connectivity index (χ0n) is 15.9. The van der Waals surface area contributed by atoms with Crippen LogP contribution in [0.15, 0.2) is 54.7 Å². The average Bonchev–Trinajstić information content (AvgIpc) is 3.13. The van der Waals surface area contributed by atoms with Gasteiger partial charge in [-0.1, -0.05) is 28.9 Å². The van der Waals surface area contributed by atoms with Gasteiger partial charge in [0.2, 0.25) is 0 Å². The Bertz CT molecular complexity index is 1190. The first-order chi connectivity index (χ1) is 14.1. The van der Waals surface area contributed by atoms with E-state index < -0.39 is 0 Å². The van der Waals surface area contributed by atoms with Crippen LogP contribution in [0.4, 0.5) is 0 Å². The Hall–Kier alpha value is -3.45. The lowest BCUT2D eigenvalue weighted by Crippen LogP contribution is -2.24. The molecule has 0 aliphatic carbocycles. The Morgan fingerprint density at radius 2 is 1.97 bits per heavy atom. The van der Waals surface area contributed by atoms with Crippen molar-refractivity contribution in [2.24, 2.45) is 0 Å². The maximum Gasteiger partial charge on any atom is 0.274 e. The molecule has 0 radical (unpaired) electrons. The molecule has 0 unspecified atom stereocenters. The molecule has 0 bridgehead atoms. The first kappa shape index (κ1) is 18.9. The largest absolute Gasteiger partial charge is 0.497 e. The Morgan fingerprint density at radius 1 is 1.17 bits per heavy atom. The average molecular weight is 408 g/mol. The van der Waals surface area contributed by atoms with Crippen molar-refractivity contribution < 1.29 is 9.53 Å². The van der Waals surface area contributed by atoms with Crippen LogP contribution < -0.4 is 10.1 Å². The molecule has 4 aromatic rings. The van der Waals surface area contributed by atoms with E-state index in [1.54, 1.807) is 30.1 Å². The summed E-state index contributed by atoms with van der Waals surface area (Å²) in [5.74, 6) is 0.482. The molecule has 1 amide bonds. The summed E-state index contributed by atoms with van der Waals surface area (Å²) in [5, 5.41) is 12.6. The third-order valence-electron chi connectivity index (χ3n) is 4.63. The maximum absolute atomic E-state index is 12.6. The minimum atomic E-state index is -0.286. The predicted octanol–water partition coefficient (Wildman–Crippen LogP) is 3.72. The summed E-state index contributed by atoms with van der Waals surface area (Å²) in [5.41, 5.74) is 3.40. The van der Waals surface area contributed by atoms with Crippen LogP contribution >= 0.6 is 11.6 Å². The van der Waals surface area contributed by atoms with Crippen molar-refractivity contribution in [1.29, 1.82) is 0 Å². The van der Waals surface area contributed by atoms with Gasteiger partial charge in [-0.25, -0.2) is 4.68 Å². The predicted molar refractivity (Wildman–Crippen MR) is 111 cm³/mol. The first-order valence-electron chi connectivity index (χ1n) is 8.95. The highest BCUT2D eigenvalue weighted by Gasteiger charge is 2.18. The molecule has 1 N–H and O–H groups in total. The number of halogens is 1. The number of benzene rings is 2. The molecule has 2 aromatic carbocycles. The van der Waals surface area contributed by atoms with Crippen LogP contribution in [0.5, 0.6) is 5.75 Å². The van der Waals surface area contributed by atoms with Crippen LogP contribution in [-0.2, 0) is 6.54 Å². The standard InChI is InChI=1S/C21H18ClN5O2/c1-13-20(21(28)24-12-14-3-6-16(29-2)7-4-14)25-26-27(13)19-9-10-23-18-11-15(22)5-8-17(18)19/h3-11H,12H2,1-2H3,(H,24,28). The fourth-order valence-electron chi connectivity index (χ4n) is 3.07. The van der Waals surface area contributed by atoms with Gasteiger partial charge in [-0.3, -0.25) is 9.78 Å². The number of nitrogens with one attached hydrogen (secondary N) is 1. The third kappa shape index (κ3) is 3.77. The van der Waals surface area contributed by atoms with Gasteiger partial charge in [0.15, 0.2) is 5.69 Å². The normalized spacial score (nSPS) is 10.9. The smallest absolute Gasteiger partial charge is 0.274 e. The van der Waals surface area contributed by atoms with E-state index in [2.05, 4.69) is 20.6 Å². The molecule has 146 valence electrons. The number of nitrogens with zero attached hydrogens (tertiary/aromatic N) is 4. The van der Waals surface area contributed by atoms with Crippen LogP contribution in [0.3, 0.4) is 0 Å². The van der Waals surface area contributed by atoms with Crippen molar-refractivity contribution in [3.8, 4) is 11.4 Å². The van der Waals surface area contributed by atoms with E-state index in [0.717, 1.165) is 27.9 Å². The molecule has 0 atom stereocenters. The molecule has 4 rings (SSSR count). The lowest BCUT2D eigenvalue weighted by molar-refractivity contribution is 0.0945. The van der Waals surface area contributed by atoms with Crippen molar-refractivity contribution in [2.75, 3.05) is 7.11 Å². The molecular weight excluding hydrogens is 390 g/mol. The van der Waals surface area contributed by atoms with Crippen LogP contribution in [-0.4, -0.2) is 33.0 Å². The fourth-order valence-corrected chi connectivity index (χ4v) is 3.23. The monoisotopic (exact) mass is 407 g/mol. The summed E-state index contributed by atoms with van der Waals surface area (Å²) in [6, 6.07) is 14.8. The summed E-state index contributed by atoms with van der Waals surface area (Å²) in [6.45, 7) is 2.19. The highest BCUT2D eigenvalue weighted by molar-refractivity contribution is 6.31. The molecule has 0 spiro atoms. The van der Waals surface area contributed by atoms with E-state index in [1.165, 1.54) is 0 Å². The summed E-state index contributed by atoms with van der Waals surface area (Å²) in [4.78, 5) is 17.0. The van der Waals surface area contributed by atoms with E-state index >= 15 is 0 Å². The van der Waals surface area contributed by atoms with Crippen molar-refractivity contribution in [3.63, 3.8) is 0 Å². The number of pyridine rings is 1. The second kappa shape index (κ2) is 7.89. The van der Waals surface area contributed by atoms with E-state index in [0.29, 0.717) is 17.3 Å². The zero-order chi connectivity index (χ0) is 20.4. The molecule has 0 fully saturated rings. The van der Waals surface area contributed by atoms with Gasteiger partial charge in [0, 0.05) is 23.2 Å². The molecule has 2 aromatic heterocycles. The van der Waals surface area contributed by atoms with Crippen molar-refractivity contribution in [1.82, 2.24) is 25.3 Å².